The number of methoxy groups -OCH3 is 1. The summed E-state index contributed by atoms with van der Waals surface area (Å²) in [4.78, 5) is 23.2. The normalized spacial score (nSPS) is 11.2. The lowest BCUT2D eigenvalue weighted by molar-refractivity contribution is -0.384. The highest BCUT2D eigenvalue weighted by Crippen LogP contribution is 2.37. The molecule has 3 rings (SSSR count). The highest BCUT2D eigenvalue weighted by molar-refractivity contribution is 5.66. The minimum Gasteiger partial charge on any atom is -0.494 e. The number of aliphatic hydroxyl groups is 1. The maximum absolute atomic E-state index is 10.8. The van der Waals surface area contributed by atoms with E-state index in [1.807, 2.05) is 31.2 Å². The molecule has 3 aromatic rings. The first-order valence-corrected chi connectivity index (χ1v) is 11.8. The van der Waals surface area contributed by atoms with Crippen LogP contribution in [0.15, 0.2) is 81.1 Å². The number of hydrogen-bond acceptors (Lipinski definition) is 10. The average Bonchev–Trinajstić information content (AvgIpc) is 2.93. The summed E-state index contributed by atoms with van der Waals surface area (Å²) in [5.41, 5.74) is 3.11. The molecule has 2 N–H and O–H groups in total. The zero-order valence-corrected chi connectivity index (χ0v) is 21.0. The standard InChI is InChI=1S/C26H28N6O6/c1-3-31(14-4-5-26(34)35)21-10-6-19(7-11-21)28-30-24-15-18(17-33)23(16-25(24)38-2)29-27-20-8-12-22(13-9-20)32(36)37/h6-13,15-16,33H,3-5,14,17H2,1-2H3,(H,34,35). The van der Waals surface area contributed by atoms with Crippen molar-refractivity contribution >= 4 is 40.1 Å². The predicted molar refractivity (Wildman–Crippen MR) is 142 cm³/mol. The third-order valence-corrected chi connectivity index (χ3v) is 5.57. The van der Waals surface area contributed by atoms with Crippen LogP contribution in [-0.2, 0) is 11.4 Å². The van der Waals surface area contributed by atoms with Gasteiger partial charge in [-0.05, 0) is 55.8 Å². The Hall–Kier alpha value is -4.71. The van der Waals surface area contributed by atoms with Crippen LogP contribution < -0.4 is 9.64 Å². The van der Waals surface area contributed by atoms with Crippen molar-refractivity contribution in [3.05, 3.63) is 76.3 Å². The molecule has 3 aromatic carbocycles. The Morgan fingerprint density at radius 3 is 2.11 bits per heavy atom. The summed E-state index contributed by atoms with van der Waals surface area (Å²) in [6.07, 6.45) is 0.679. The molecule has 0 amide bonds. The van der Waals surface area contributed by atoms with Gasteiger partial charge in [0.1, 0.15) is 11.4 Å². The van der Waals surface area contributed by atoms with Gasteiger partial charge in [0.05, 0.1) is 35.7 Å². The fourth-order valence-corrected chi connectivity index (χ4v) is 3.55. The molecule has 38 heavy (non-hydrogen) atoms. The van der Waals surface area contributed by atoms with Crippen molar-refractivity contribution < 1.29 is 24.7 Å². The Morgan fingerprint density at radius 2 is 1.58 bits per heavy atom. The number of nitro groups is 1. The zero-order chi connectivity index (χ0) is 27.5. The maximum atomic E-state index is 10.8. The highest BCUT2D eigenvalue weighted by Gasteiger charge is 2.11. The number of benzene rings is 3. The fraction of sp³-hybridized carbons (Fsp3) is 0.269. The van der Waals surface area contributed by atoms with Gasteiger partial charge in [-0.2, -0.15) is 15.3 Å². The van der Waals surface area contributed by atoms with E-state index < -0.39 is 10.9 Å². The number of aliphatic carboxylic acids is 1. The molecule has 0 spiro atoms. The summed E-state index contributed by atoms with van der Waals surface area (Å²) in [6, 6.07) is 16.2. The number of carboxylic acid groups (broad SMARTS) is 1. The first kappa shape index (κ1) is 27.9. The predicted octanol–water partition coefficient (Wildman–Crippen LogP) is 6.62. The molecule has 0 bridgehead atoms. The Bertz CT molecular complexity index is 1310. The Morgan fingerprint density at radius 1 is 0.974 bits per heavy atom. The van der Waals surface area contributed by atoms with Gasteiger partial charge in [-0.15, -0.1) is 5.11 Å². The monoisotopic (exact) mass is 520 g/mol. The number of rotatable bonds is 13. The second-order valence-electron chi connectivity index (χ2n) is 8.08. The average molecular weight is 521 g/mol. The fourth-order valence-electron chi connectivity index (χ4n) is 3.55. The Kier molecular flexibility index (Phi) is 9.94. The van der Waals surface area contributed by atoms with Gasteiger partial charge in [-0.25, -0.2) is 0 Å². The van der Waals surface area contributed by atoms with Crippen LogP contribution in [-0.4, -0.2) is 41.3 Å². The molecular formula is C26H28N6O6. The number of carboxylic acids is 1. The number of carbonyl (C=O) groups is 1. The van der Waals surface area contributed by atoms with Crippen molar-refractivity contribution in [3.63, 3.8) is 0 Å². The van der Waals surface area contributed by atoms with Crippen molar-refractivity contribution in [3.8, 4) is 5.75 Å². The molecule has 0 aromatic heterocycles. The summed E-state index contributed by atoms with van der Waals surface area (Å²) >= 11 is 0. The molecule has 0 aliphatic heterocycles. The molecule has 0 saturated heterocycles. The molecule has 0 radical (unpaired) electrons. The molecule has 0 aliphatic carbocycles. The molecule has 0 heterocycles. The van der Waals surface area contributed by atoms with Crippen LogP contribution in [0.3, 0.4) is 0 Å². The van der Waals surface area contributed by atoms with E-state index in [2.05, 4.69) is 25.4 Å². The quantitative estimate of drug-likeness (QED) is 0.145. The Balaban J connectivity index is 1.76. The minimum absolute atomic E-state index is 0.0514. The molecule has 0 unspecified atom stereocenters. The summed E-state index contributed by atoms with van der Waals surface area (Å²) in [5.74, 6) is -0.437. The molecule has 0 fully saturated rings. The lowest BCUT2D eigenvalue weighted by Crippen LogP contribution is -2.24. The number of nitro benzene ring substituents is 1. The van der Waals surface area contributed by atoms with Gasteiger partial charge < -0.3 is 19.8 Å². The number of nitrogens with zero attached hydrogens (tertiary/aromatic N) is 6. The number of azo groups is 2. The van der Waals surface area contributed by atoms with Crippen molar-refractivity contribution in [2.45, 2.75) is 26.4 Å². The SMILES string of the molecule is CCN(CCCC(=O)O)c1ccc(N=Nc2cc(CO)c(N=Nc3ccc([N+](=O)[O-])cc3)cc2OC)cc1. The summed E-state index contributed by atoms with van der Waals surface area (Å²) in [7, 11) is 1.47. The maximum Gasteiger partial charge on any atom is 0.303 e. The first-order valence-electron chi connectivity index (χ1n) is 11.8. The van der Waals surface area contributed by atoms with E-state index in [1.54, 1.807) is 12.1 Å². The van der Waals surface area contributed by atoms with Crippen LogP contribution in [0.1, 0.15) is 25.3 Å². The molecule has 0 aliphatic rings. The number of non-ortho nitro benzene ring substituents is 1. The van der Waals surface area contributed by atoms with E-state index in [0.717, 1.165) is 12.2 Å². The molecule has 0 saturated carbocycles. The van der Waals surface area contributed by atoms with E-state index in [-0.39, 0.29) is 18.7 Å². The van der Waals surface area contributed by atoms with Crippen molar-refractivity contribution in [1.82, 2.24) is 0 Å². The number of hydrogen-bond donors (Lipinski definition) is 2. The molecular weight excluding hydrogens is 492 g/mol. The first-order chi connectivity index (χ1) is 18.3. The number of ether oxygens (including phenoxy) is 1. The van der Waals surface area contributed by atoms with Crippen LogP contribution in [0.5, 0.6) is 5.75 Å². The number of aliphatic hydroxyl groups excluding tert-OH is 1. The third kappa shape index (κ3) is 7.64. The topological polar surface area (TPSA) is 163 Å². The smallest absolute Gasteiger partial charge is 0.303 e. The second kappa shape index (κ2) is 13.6. The van der Waals surface area contributed by atoms with E-state index in [0.29, 0.717) is 47.0 Å². The molecule has 198 valence electrons. The van der Waals surface area contributed by atoms with Crippen LogP contribution in [0.2, 0.25) is 0 Å². The van der Waals surface area contributed by atoms with Crippen molar-refractivity contribution in [2.24, 2.45) is 20.5 Å². The van der Waals surface area contributed by atoms with Crippen LogP contribution in [0.4, 0.5) is 34.1 Å². The summed E-state index contributed by atoms with van der Waals surface area (Å²) < 4.78 is 5.43. The molecule has 12 nitrogen and oxygen atoms in total. The van der Waals surface area contributed by atoms with Crippen LogP contribution >= 0.6 is 0 Å². The van der Waals surface area contributed by atoms with Gasteiger partial charge in [0, 0.05) is 49.0 Å². The van der Waals surface area contributed by atoms with Crippen molar-refractivity contribution in [1.29, 1.82) is 0 Å². The zero-order valence-electron chi connectivity index (χ0n) is 21.0. The van der Waals surface area contributed by atoms with E-state index >= 15 is 0 Å². The van der Waals surface area contributed by atoms with Crippen LogP contribution in [0.25, 0.3) is 0 Å². The van der Waals surface area contributed by atoms with Gasteiger partial charge in [-0.3, -0.25) is 14.9 Å². The van der Waals surface area contributed by atoms with E-state index in [9.17, 15) is 20.0 Å². The summed E-state index contributed by atoms with van der Waals surface area (Å²) in [5, 5.41) is 46.3. The van der Waals surface area contributed by atoms with Gasteiger partial charge >= 0.3 is 5.97 Å². The van der Waals surface area contributed by atoms with Gasteiger partial charge in [0.25, 0.3) is 5.69 Å². The van der Waals surface area contributed by atoms with E-state index in [1.165, 1.54) is 31.4 Å². The summed E-state index contributed by atoms with van der Waals surface area (Å²) in [6.45, 7) is 3.06. The van der Waals surface area contributed by atoms with Crippen LogP contribution in [0, 0.1) is 10.1 Å². The lowest BCUT2D eigenvalue weighted by Gasteiger charge is -2.22. The van der Waals surface area contributed by atoms with Gasteiger partial charge in [-0.1, -0.05) is 0 Å². The lowest BCUT2D eigenvalue weighted by atomic mass is 10.1. The number of anilines is 1. The van der Waals surface area contributed by atoms with Crippen molar-refractivity contribution in [2.75, 3.05) is 25.1 Å². The highest BCUT2D eigenvalue weighted by atomic mass is 16.6. The van der Waals surface area contributed by atoms with Gasteiger partial charge in [0.15, 0.2) is 0 Å². The Labute approximate surface area is 219 Å². The largest absolute Gasteiger partial charge is 0.494 e. The second-order valence-corrected chi connectivity index (χ2v) is 8.08. The molecule has 12 heteroatoms. The minimum atomic E-state index is -0.808. The molecule has 0 atom stereocenters. The van der Waals surface area contributed by atoms with Gasteiger partial charge in [0.2, 0.25) is 0 Å². The third-order valence-electron chi connectivity index (χ3n) is 5.57. The van der Waals surface area contributed by atoms with E-state index in [4.69, 9.17) is 9.84 Å².